The van der Waals surface area contributed by atoms with Crippen LogP contribution in [-0.4, -0.2) is 40.6 Å². The van der Waals surface area contributed by atoms with Gasteiger partial charge in [-0.05, 0) is 74.5 Å². The van der Waals surface area contributed by atoms with Crippen molar-refractivity contribution in [3.05, 3.63) is 78.4 Å². The Morgan fingerprint density at radius 2 is 1.34 bits per heavy atom. The van der Waals surface area contributed by atoms with Crippen LogP contribution in [0.4, 0.5) is 5.69 Å². The third-order valence-corrected chi connectivity index (χ3v) is 6.32. The molecule has 7 nitrogen and oxygen atoms in total. The lowest BCUT2D eigenvalue weighted by Gasteiger charge is -2.13. The third-order valence-electron chi connectivity index (χ3n) is 5.36. The average molecular weight is 487 g/mol. The number of amides is 1. The normalized spacial score (nSPS) is 11.5. The summed E-state index contributed by atoms with van der Waals surface area (Å²) < 4.78 is 10.6. The van der Waals surface area contributed by atoms with Crippen LogP contribution in [0.1, 0.15) is 12.5 Å². The van der Waals surface area contributed by atoms with E-state index in [1.54, 1.807) is 14.2 Å². The first-order valence-corrected chi connectivity index (χ1v) is 11.9. The van der Waals surface area contributed by atoms with Gasteiger partial charge in [-0.25, -0.2) is 4.98 Å². The van der Waals surface area contributed by atoms with Crippen molar-refractivity contribution in [1.29, 1.82) is 0 Å². The smallest absolute Gasteiger partial charge is 0.237 e. The minimum atomic E-state index is -0.423. The number of nitrogens with zero attached hydrogens (tertiary/aromatic N) is 3. The van der Waals surface area contributed by atoms with Gasteiger partial charge in [-0.15, -0.1) is 10.2 Å². The van der Waals surface area contributed by atoms with Crippen molar-refractivity contribution in [2.45, 2.75) is 24.3 Å². The van der Waals surface area contributed by atoms with E-state index >= 15 is 0 Å². The number of anilines is 1. The summed E-state index contributed by atoms with van der Waals surface area (Å²) in [5.74, 6) is 1.37. The molecule has 0 fully saturated rings. The van der Waals surface area contributed by atoms with Crippen molar-refractivity contribution in [1.82, 2.24) is 15.2 Å². The highest BCUT2D eigenvalue weighted by atomic mass is 32.2. The number of aromatic nitrogens is 3. The zero-order valence-corrected chi connectivity index (χ0v) is 20.8. The number of nitrogens with one attached hydrogen (secondary N) is 1. The summed E-state index contributed by atoms with van der Waals surface area (Å²) in [4.78, 5) is 17.5. The monoisotopic (exact) mass is 486 g/mol. The Morgan fingerprint density at radius 3 is 1.89 bits per heavy atom. The molecule has 1 unspecified atom stereocenters. The molecule has 1 heterocycles. The number of aryl methyl sites for hydroxylation is 1. The molecule has 1 atom stereocenters. The molecule has 0 radical (unpaired) electrons. The van der Waals surface area contributed by atoms with Crippen LogP contribution in [0, 0.1) is 6.92 Å². The lowest BCUT2D eigenvalue weighted by molar-refractivity contribution is -0.115. The van der Waals surface area contributed by atoms with Gasteiger partial charge in [-0.1, -0.05) is 29.5 Å². The fourth-order valence-electron chi connectivity index (χ4n) is 3.35. The summed E-state index contributed by atoms with van der Waals surface area (Å²) in [6.45, 7) is 3.83. The van der Waals surface area contributed by atoms with E-state index in [0.29, 0.717) is 16.5 Å². The molecule has 0 bridgehead atoms. The number of methoxy groups -OCH3 is 2. The molecule has 35 heavy (non-hydrogen) atoms. The van der Waals surface area contributed by atoms with Crippen LogP contribution >= 0.6 is 11.8 Å². The average Bonchev–Trinajstić information content (AvgIpc) is 2.90. The van der Waals surface area contributed by atoms with Gasteiger partial charge in [0.05, 0.1) is 19.5 Å². The molecular formula is C27H26N4O3S. The molecular weight excluding hydrogens is 460 g/mol. The number of benzene rings is 3. The summed E-state index contributed by atoms with van der Waals surface area (Å²) in [6.07, 6.45) is 0. The number of thioether (sulfide) groups is 1. The topological polar surface area (TPSA) is 86.2 Å². The van der Waals surface area contributed by atoms with Gasteiger partial charge in [-0.3, -0.25) is 4.79 Å². The minimum absolute atomic E-state index is 0.132. The van der Waals surface area contributed by atoms with Crippen LogP contribution in [0.5, 0.6) is 11.5 Å². The van der Waals surface area contributed by atoms with Gasteiger partial charge < -0.3 is 14.8 Å². The molecule has 0 aliphatic heterocycles. The Balaban J connectivity index is 1.62. The lowest BCUT2D eigenvalue weighted by Crippen LogP contribution is -2.22. The molecule has 0 aliphatic rings. The largest absolute Gasteiger partial charge is 0.497 e. The lowest BCUT2D eigenvalue weighted by atomic mass is 10.0. The molecule has 4 rings (SSSR count). The molecule has 4 aromatic rings. The van der Waals surface area contributed by atoms with Crippen molar-refractivity contribution in [2.24, 2.45) is 0 Å². The Hall–Kier alpha value is -3.91. The van der Waals surface area contributed by atoms with E-state index in [1.807, 2.05) is 86.6 Å². The summed E-state index contributed by atoms with van der Waals surface area (Å²) >= 11 is 1.26. The molecule has 1 amide bonds. The third kappa shape index (κ3) is 5.96. The van der Waals surface area contributed by atoms with E-state index < -0.39 is 5.25 Å². The number of rotatable bonds is 8. The van der Waals surface area contributed by atoms with Crippen LogP contribution in [0.3, 0.4) is 0 Å². The zero-order chi connectivity index (χ0) is 24.8. The summed E-state index contributed by atoms with van der Waals surface area (Å²) in [5, 5.41) is 11.7. The van der Waals surface area contributed by atoms with Crippen LogP contribution in [0.2, 0.25) is 0 Å². The first kappa shape index (κ1) is 24.2. The molecule has 8 heteroatoms. The summed E-state index contributed by atoms with van der Waals surface area (Å²) in [6, 6.07) is 22.9. The van der Waals surface area contributed by atoms with Crippen molar-refractivity contribution >= 4 is 23.4 Å². The first-order chi connectivity index (χ1) is 17.0. The Kier molecular flexibility index (Phi) is 7.62. The van der Waals surface area contributed by atoms with Gasteiger partial charge in [0.2, 0.25) is 11.1 Å². The Labute approximate surface area is 208 Å². The summed E-state index contributed by atoms with van der Waals surface area (Å²) in [5.41, 5.74) is 4.91. The van der Waals surface area contributed by atoms with Gasteiger partial charge in [-0.2, -0.15) is 0 Å². The summed E-state index contributed by atoms with van der Waals surface area (Å²) in [7, 11) is 3.25. The van der Waals surface area contributed by atoms with Gasteiger partial charge in [0.1, 0.15) is 22.9 Å². The standard InChI is InChI=1S/C27H26N4O3S/c1-17-5-11-21(12-6-17)28-26(32)18(2)35-27-29-24(19-7-13-22(33-3)14-8-19)25(30-31-27)20-9-15-23(34-4)16-10-20/h5-16,18H,1-4H3,(H,28,32). The number of hydrogen-bond acceptors (Lipinski definition) is 7. The SMILES string of the molecule is COc1ccc(-c2nnc(SC(C)C(=O)Nc3ccc(C)cc3)nc2-c2ccc(OC)cc2)cc1. The predicted octanol–water partition coefficient (Wildman–Crippen LogP) is 5.65. The maximum atomic E-state index is 12.7. The van der Waals surface area contributed by atoms with E-state index in [4.69, 9.17) is 14.5 Å². The number of carbonyl (C=O) groups excluding carboxylic acids is 1. The van der Waals surface area contributed by atoms with E-state index in [-0.39, 0.29) is 5.91 Å². The number of ether oxygens (including phenoxy) is 2. The maximum absolute atomic E-state index is 12.7. The predicted molar refractivity (Wildman–Crippen MR) is 139 cm³/mol. The van der Waals surface area contributed by atoms with Crippen LogP contribution in [0.15, 0.2) is 78.0 Å². The molecule has 1 aromatic heterocycles. The van der Waals surface area contributed by atoms with Crippen molar-refractivity contribution in [3.63, 3.8) is 0 Å². The van der Waals surface area contributed by atoms with Crippen molar-refractivity contribution in [3.8, 4) is 34.0 Å². The quantitative estimate of drug-likeness (QED) is 0.322. The fraction of sp³-hybridized carbons (Fsp3) is 0.185. The fourth-order valence-corrected chi connectivity index (χ4v) is 4.06. The van der Waals surface area contributed by atoms with E-state index in [9.17, 15) is 4.79 Å². The van der Waals surface area contributed by atoms with E-state index in [2.05, 4.69) is 15.5 Å². The Morgan fingerprint density at radius 1 is 0.800 bits per heavy atom. The van der Waals surface area contributed by atoms with Crippen LogP contribution < -0.4 is 14.8 Å². The van der Waals surface area contributed by atoms with Gasteiger partial charge >= 0.3 is 0 Å². The van der Waals surface area contributed by atoms with Crippen molar-refractivity contribution < 1.29 is 14.3 Å². The Bertz CT molecular complexity index is 1290. The highest BCUT2D eigenvalue weighted by molar-refractivity contribution is 8.00. The first-order valence-electron chi connectivity index (χ1n) is 11.0. The molecule has 0 aliphatic carbocycles. The molecule has 0 saturated heterocycles. The van der Waals surface area contributed by atoms with Gasteiger partial charge in [0.15, 0.2) is 0 Å². The molecule has 0 spiro atoms. The minimum Gasteiger partial charge on any atom is -0.497 e. The second kappa shape index (κ2) is 11.0. The van der Waals surface area contributed by atoms with E-state index in [0.717, 1.165) is 33.9 Å². The highest BCUT2D eigenvalue weighted by Gasteiger charge is 2.20. The second-order valence-electron chi connectivity index (χ2n) is 7.86. The van der Waals surface area contributed by atoms with E-state index in [1.165, 1.54) is 11.8 Å². The zero-order valence-electron chi connectivity index (χ0n) is 20.0. The number of carbonyl (C=O) groups is 1. The molecule has 1 N–H and O–H groups in total. The van der Waals surface area contributed by atoms with Crippen molar-refractivity contribution in [2.75, 3.05) is 19.5 Å². The molecule has 178 valence electrons. The number of hydrogen-bond donors (Lipinski definition) is 1. The van der Waals surface area contributed by atoms with Gasteiger partial charge in [0.25, 0.3) is 0 Å². The molecule has 0 saturated carbocycles. The van der Waals surface area contributed by atoms with Crippen LogP contribution in [0.25, 0.3) is 22.5 Å². The van der Waals surface area contributed by atoms with Gasteiger partial charge in [0, 0.05) is 16.8 Å². The van der Waals surface area contributed by atoms with Crippen LogP contribution in [-0.2, 0) is 4.79 Å². The highest BCUT2D eigenvalue weighted by Crippen LogP contribution is 2.32. The maximum Gasteiger partial charge on any atom is 0.237 e. The second-order valence-corrected chi connectivity index (χ2v) is 9.17. The molecule has 3 aromatic carbocycles.